The van der Waals surface area contributed by atoms with Crippen LogP contribution >= 0.6 is 0 Å². The number of nitrogens with zero attached hydrogens (tertiary/aromatic N) is 2. The number of allylic oxidation sites excluding steroid dienone is 2. The van der Waals surface area contributed by atoms with Gasteiger partial charge in [0.1, 0.15) is 12.4 Å². The van der Waals surface area contributed by atoms with E-state index >= 15 is 0 Å². The summed E-state index contributed by atoms with van der Waals surface area (Å²) in [5.41, 5.74) is 6.43. The zero-order chi connectivity index (χ0) is 24.1. The summed E-state index contributed by atoms with van der Waals surface area (Å²) in [5, 5.41) is 12.8. The lowest BCUT2D eigenvalue weighted by Gasteiger charge is -2.34. The SMILES string of the molecule is CC[C@@]1(O)C(=O)OCc2c1cc1n(c2=O)Cc2c-1cc1c3c2N(NC(C)=O)CC(C)=C3C(F)=C1. The van der Waals surface area contributed by atoms with Crippen molar-refractivity contribution in [2.24, 2.45) is 0 Å². The number of amides is 1. The Kier molecular flexibility index (Phi) is 4.09. The Morgan fingerprint density at radius 3 is 2.74 bits per heavy atom. The molecule has 0 radical (unpaired) electrons. The van der Waals surface area contributed by atoms with Crippen LogP contribution in [0.5, 0.6) is 0 Å². The summed E-state index contributed by atoms with van der Waals surface area (Å²) in [5.74, 6) is -1.37. The molecule has 0 spiro atoms. The molecule has 1 aromatic heterocycles. The Morgan fingerprint density at radius 1 is 1.26 bits per heavy atom. The van der Waals surface area contributed by atoms with Crippen LogP contribution in [0, 0.1) is 0 Å². The summed E-state index contributed by atoms with van der Waals surface area (Å²) < 4.78 is 21.7. The number of anilines is 1. The van der Waals surface area contributed by atoms with Gasteiger partial charge in [0.25, 0.3) is 5.56 Å². The molecule has 1 aliphatic carbocycles. The second-order valence-corrected chi connectivity index (χ2v) is 9.22. The number of esters is 1. The fourth-order valence-electron chi connectivity index (χ4n) is 5.66. The molecule has 1 aromatic carbocycles. The number of cyclic esters (lactones) is 1. The first-order valence-corrected chi connectivity index (χ1v) is 11.1. The number of carbonyl (C=O) groups is 2. The molecule has 1 amide bonds. The van der Waals surface area contributed by atoms with Crippen molar-refractivity contribution >= 4 is 29.2 Å². The average Bonchev–Trinajstić information content (AvgIpc) is 3.31. The summed E-state index contributed by atoms with van der Waals surface area (Å²) in [7, 11) is 0. The number of nitrogens with one attached hydrogen (secondary N) is 1. The second-order valence-electron chi connectivity index (χ2n) is 9.22. The van der Waals surface area contributed by atoms with E-state index in [9.17, 15) is 23.9 Å². The quantitative estimate of drug-likeness (QED) is 0.567. The number of fused-ring (bicyclic) bond motifs is 5. The summed E-state index contributed by atoms with van der Waals surface area (Å²) >= 11 is 0. The van der Waals surface area contributed by atoms with E-state index in [0.717, 1.165) is 11.1 Å². The number of rotatable bonds is 2. The molecule has 9 heteroatoms. The smallest absolute Gasteiger partial charge is 0.343 e. The van der Waals surface area contributed by atoms with Crippen molar-refractivity contribution in [2.45, 2.75) is 45.9 Å². The van der Waals surface area contributed by atoms with Crippen molar-refractivity contribution in [1.29, 1.82) is 0 Å². The predicted molar refractivity (Wildman–Crippen MR) is 122 cm³/mol. The normalized spacial score (nSPS) is 21.5. The minimum absolute atomic E-state index is 0.0573. The van der Waals surface area contributed by atoms with Gasteiger partial charge in [0.05, 0.1) is 30.0 Å². The molecule has 4 heterocycles. The van der Waals surface area contributed by atoms with Crippen LogP contribution in [-0.4, -0.2) is 28.1 Å². The first kappa shape index (κ1) is 20.9. The maximum absolute atomic E-state index is 15.0. The number of hydrogen-bond donors (Lipinski definition) is 2. The lowest BCUT2D eigenvalue weighted by atomic mass is 9.85. The van der Waals surface area contributed by atoms with Gasteiger partial charge in [-0.2, -0.15) is 0 Å². The van der Waals surface area contributed by atoms with E-state index in [4.69, 9.17) is 4.74 Å². The van der Waals surface area contributed by atoms with E-state index in [1.165, 1.54) is 13.0 Å². The van der Waals surface area contributed by atoms with E-state index in [2.05, 4.69) is 5.43 Å². The molecule has 1 atom stereocenters. The third-order valence-corrected chi connectivity index (χ3v) is 7.23. The van der Waals surface area contributed by atoms with Gasteiger partial charge < -0.3 is 14.4 Å². The van der Waals surface area contributed by atoms with Crippen molar-refractivity contribution in [3.05, 3.63) is 61.7 Å². The molecule has 8 nitrogen and oxygen atoms in total. The zero-order valence-corrected chi connectivity index (χ0v) is 18.9. The van der Waals surface area contributed by atoms with Gasteiger partial charge in [-0.15, -0.1) is 0 Å². The largest absolute Gasteiger partial charge is 0.458 e. The highest BCUT2D eigenvalue weighted by Crippen LogP contribution is 2.52. The highest BCUT2D eigenvalue weighted by Gasteiger charge is 2.46. The van der Waals surface area contributed by atoms with Crippen LogP contribution in [0.4, 0.5) is 10.1 Å². The Hall–Kier alpha value is -3.72. The van der Waals surface area contributed by atoms with Crippen LogP contribution in [0.15, 0.2) is 28.3 Å². The molecule has 0 bridgehead atoms. The molecule has 0 saturated carbocycles. The third-order valence-electron chi connectivity index (χ3n) is 7.23. The van der Waals surface area contributed by atoms with Crippen molar-refractivity contribution < 1.29 is 23.8 Å². The van der Waals surface area contributed by atoms with Crippen molar-refractivity contribution in [1.82, 2.24) is 9.99 Å². The van der Waals surface area contributed by atoms with Crippen LogP contribution < -0.4 is 16.0 Å². The maximum atomic E-state index is 15.0. The molecule has 2 N–H and O–H groups in total. The van der Waals surface area contributed by atoms with Crippen molar-refractivity contribution in [3.8, 4) is 11.3 Å². The van der Waals surface area contributed by atoms with Crippen molar-refractivity contribution in [2.75, 3.05) is 11.6 Å². The van der Waals surface area contributed by atoms with E-state index in [0.29, 0.717) is 40.2 Å². The number of hydrogen-bond acceptors (Lipinski definition) is 6. The van der Waals surface area contributed by atoms with Gasteiger partial charge in [-0.05, 0) is 42.7 Å². The number of aliphatic hydroxyl groups is 1. The standard InChI is InChI=1S/C25H22FN3O5/c1-4-25(33)17-7-19-14-5-13-6-18(26)20-11(2)8-29(27-12(3)30)22(21(13)20)15(14)9-28(19)23(31)16(17)10-34-24(25)32/h5-7,33H,4,8-10H2,1-3H3,(H,27,30)/t25-/m0/s1. The fourth-order valence-corrected chi connectivity index (χ4v) is 5.66. The van der Waals surface area contributed by atoms with Gasteiger partial charge in [-0.1, -0.05) is 6.92 Å². The zero-order valence-electron chi connectivity index (χ0n) is 18.9. The Morgan fingerprint density at radius 2 is 2.03 bits per heavy atom. The number of aromatic nitrogens is 1. The van der Waals surface area contributed by atoms with Crippen molar-refractivity contribution in [3.63, 3.8) is 0 Å². The van der Waals surface area contributed by atoms with Gasteiger partial charge in [-0.25, -0.2) is 9.18 Å². The van der Waals surface area contributed by atoms with Crippen LogP contribution in [0.2, 0.25) is 0 Å². The molecule has 34 heavy (non-hydrogen) atoms. The number of carbonyl (C=O) groups excluding carboxylic acids is 2. The number of halogens is 1. The molecule has 2 aromatic rings. The molecule has 4 aliphatic rings. The predicted octanol–water partition coefficient (Wildman–Crippen LogP) is 2.50. The summed E-state index contributed by atoms with van der Waals surface area (Å²) in [6.07, 6.45) is 1.52. The Labute approximate surface area is 193 Å². The first-order valence-electron chi connectivity index (χ1n) is 11.1. The van der Waals surface area contributed by atoms with Crippen LogP contribution in [0.25, 0.3) is 22.9 Å². The molecule has 174 valence electrons. The molecule has 0 unspecified atom stereocenters. The molecule has 3 aliphatic heterocycles. The van der Waals surface area contributed by atoms with E-state index in [-0.39, 0.29) is 48.0 Å². The van der Waals surface area contributed by atoms with E-state index < -0.39 is 11.6 Å². The topological polar surface area (TPSA) is 101 Å². The molecule has 0 saturated heterocycles. The maximum Gasteiger partial charge on any atom is 0.343 e. The molecule has 0 fully saturated rings. The summed E-state index contributed by atoms with van der Waals surface area (Å²) in [6, 6.07) is 3.51. The number of ether oxygens (including phenoxy) is 1. The number of hydrazine groups is 1. The average molecular weight is 463 g/mol. The minimum atomic E-state index is -1.91. The highest BCUT2D eigenvalue weighted by molar-refractivity contribution is 6.04. The van der Waals surface area contributed by atoms with E-state index in [1.54, 1.807) is 22.6 Å². The second kappa shape index (κ2) is 6.66. The summed E-state index contributed by atoms with van der Waals surface area (Å²) in [6.45, 7) is 5.21. The molecule has 6 rings (SSSR count). The fraction of sp³-hybridized carbons (Fsp3) is 0.320. The van der Waals surface area contributed by atoms with Gasteiger partial charge in [0.2, 0.25) is 5.91 Å². The Balaban J connectivity index is 1.64. The van der Waals surface area contributed by atoms with Gasteiger partial charge in [0.15, 0.2) is 5.60 Å². The monoisotopic (exact) mass is 463 g/mol. The van der Waals surface area contributed by atoms with Crippen LogP contribution in [0.3, 0.4) is 0 Å². The molecular weight excluding hydrogens is 441 g/mol. The Bertz CT molecular complexity index is 1480. The van der Waals surface area contributed by atoms with Gasteiger partial charge in [0, 0.05) is 34.8 Å². The van der Waals surface area contributed by atoms with Crippen LogP contribution in [0.1, 0.15) is 55.0 Å². The number of pyridine rings is 1. The minimum Gasteiger partial charge on any atom is -0.458 e. The van der Waals surface area contributed by atoms with Gasteiger partial charge >= 0.3 is 5.97 Å². The number of benzene rings is 1. The highest BCUT2D eigenvalue weighted by atomic mass is 19.1. The van der Waals surface area contributed by atoms with E-state index in [1.807, 2.05) is 13.0 Å². The molecular formula is C25H22FN3O5. The third kappa shape index (κ3) is 2.47. The van der Waals surface area contributed by atoms with Gasteiger partial charge in [-0.3, -0.25) is 20.0 Å². The lowest BCUT2D eigenvalue weighted by molar-refractivity contribution is -0.172. The van der Waals surface area contributed by atoms with Crippen LogP contribution in [-0.2, 0) is 33.1 Å². The first-order chi connectivity index (χ1) is 16.2. The summed E-state index contributed by atoms with van der Waals surface area (Å²) in [4.78, 5) is 37.8. The lowest BCUT2D eigenvalue weighted by Crippen LogP contribution is -2.45.